The van der Waals surface area contributed by atoms with Gasteiger partial charge in [0, 0.05) is 18.1 Å². The molecule has 0 N–H and O–H groups in total. The van der Waals surface area contributed by atoms with Crippen molar-refractivity contribution in [3.8, 4) is 0 Å². The lowest BCUT2D eigenvalue weighted by Gasteiger charge is -2.37. The fraction of sp³-hybridized carbons (Fsp3) is 0.562. The molecule has 0 radical (unpaired) electrons. The van der Waals surface area contributed by atoms with Gasteiger partial charge in [-0.05, 0) is 39.2 Å². The SMILES string of the molecule is CC[C@]1(C)C[C@@H](C(=O)c2cccc(C)c2)CCO1. The summed E-state index contributed by atoms with van der Waals surface area (Å²) in [5, 5.41) is 0. The minimum absolute atomic E-state index is 0.116. The quantitative estimate of drug-likeness (QED) is 0.759. The van der Waals surface area contributed by atoms with E-state index in [9.17, 15) is 4.79 Å². The Morgan fingerprint density at radius 1 is 1.50 bits per heavy atom. The molecule has 0 unspecified atom stereocenters. The van der Waals surface area contributed by atoms with E-state index >= 15 is 0 Å². The van der Waals surface area contributed by atoms with Crippen molar-refractivity contribution in [1.29, 1.82) is 0 Å². The largest absolute Gasteiger partial charge is 0.375 e. The third-order valence-corrected chi connectivity index (χ3v) is 4.02. The molecule has 2 rings (SSSR count). The van der Waals surface area contributed by atoms with E-state index in [1.54, 1.807) is 0 Å². The second-order valence-electron chi connectivity index (χ2n) is 5.58. The first kappa shape index (κ1) is 13.3. The number of Topliss-reactive ketones (excluding diaryl/α,β-unsaturated/α-hetero) is 1. The van der Waals surface area contributed by atoms with Crippen LogP contribution in [0.3, 0.4) is 0 Å². The molecule has 1 aliphatic rings. The van der Waals surface area contributed by atoms with Gasteiger partial charge in [-0.1, -0.05) is 30.7 Å². The molecule has 2 heteroatoms. The molecule has 1 aromatic carbocycles. The van der Waals surface area contributed by atoms with Crippen LogP contribution in [0, 0.1) is 12.8 Å². The van der Waals surface area contributed by atoms with E-state index in [4.69, 9.17) is 4.74 Å². The Morgan fingerprint density at radius 3 is 2.94 bits per heavy atom. The second kappa shape index (κ2) is 5.23. The monoisotopic (exact) mass is 246 g/mol. The van der Waals surface area contributed by atoms with Crippen molar-refractivity contribution in [3.05, 3.63) is 35.4 Å². The van der Waals surface area contributed by atoms with Crippen molar-refractivity contribution in [1.82, 2.24) is 0 Å². The van der Waals surface area contributed by atoms with Gasteiger partial charge in [0.25, 0.3) is 0 Å². The molecule has 0 amide bonds. The van der Waals surface area contributed by atoms with Gasteiger partial charge < -0.3 is 4.74 Å². The van der Waals surface area contributed by atoms with E-state index in [0.717, 1.165) is 30.4 Å². The first-order valence-corrected chi connectivity index (χ1v) is 6.79. The van der Waals surface area contributed by atoms with E-state index in [1.165, 1.54) is 0 Å². The first-order valence-electron chi connectivity index (χ1n) is 6.79. The van der Waals surface area contributed by atoms with Gasteiger partial charge in [0.15, 0.2) is 5.78 Å². The molecule has 0 spiro atoms. The van der Waals surface area contributed by atoms with Crippen LogP contribution in [0.1, 0.15) is 49.0 Å². The summed E-state index contributed by atoms with van der Waals surface area (Å²) < 4.78 is 5.80. The third-order valence-electron chi connectivity index (χ3n) is 4.02. The van der Waals surface area contributed by atoms with Gasteiger partial charge in [-0.2, -0.15) is 0 Å². The maximum atomic E-state index is 12.5. The second-order valence-corrected chi connectivity index (χ2v) is 5.58. The van der Waals surface area contributed by atoms with Crippen molar-refractivity contribution in [2.24, 2.45) is 5.92 Å². The Balaban J connectivity index is 2.14. The average Bonchev–Trinajstić information content (AvgIpc) is 2.38. The molecule has 2 nitrogen and oxygen atoms in total. The molecule has 0 bridgehead atoms. The minimum atomic E-state index is -0.123. The molecule has 98 valence electrons. The van der Waals surface area contributed by atoms with Crippen LogP contribution in [0.2, 0.25) is 0 Å². The molecule has 1 fully saturated rings. The van der Waals surface area contributed by atoms with Crippen molar-refractivity contribution in [2.45, 2.75) is 45.6 Å². The lowest BCUT2D eigenvalue weighted by atomic mass is 9.81. The summed E-state index contributed by atoms with van der Waals surface area (Å²) in [6, 6.07) is 7.90. The van der Waals surface area contributed by atoms with E-state index in [1.807, 2.05) is 31.2 Å². The zero-order valence-electron chi connectivity index (χ0n) is 11.5. The molecule has 1 aliphatic heterocycles. The molecule has 0 aromatic heterocycles. The number of benzene rings is 1. The average molecular weight is 246 g/mol. The Labute approximate surface area is 109 Å². The number of hydrogen-bond acceptors (Lipinski definition) is 2. The first-order chi connectivity index (χ1) is 8.54. The van der Waals surface area contributed by atoms with E-state index in [-0.39, 0.29) is 17.3 Å². The fourth-order valence-electron chi connectivity index (χ4n) is 2.63. The predicted octanol–water partition coefficient (Wildman–Crippen LogP) is 3.77. The smallest absolute Gasteiger partial charge is 0.166 e. The summed E-state index contributed by atoms with van der Waals surface area (Å²) >= 11 is 0. The summed E-state index contributed by atoms with van der Waals surface area (Å²) in [4.78, 5) is 12.5. The number of ether oxygens (including phenoxy) is 1. The number of rotatable bonds is 3. The lowest BCUT2D eigenvalue weighted by molar-refractivity contribution is -0.0811. The van der Waals surface area contributed by atoms with Crippen LogP contribution >= 0.6 is 0 Å². The third kappa shape index (κ3) is 2.81. The summed E-state index contributed by atoms with van der Waals surface area (Å²) in [6.45, 7) is 6.96. The van der Waals surface area contributed by atoms with Gasteiger partial charge in [0.1, 0.15) is 0 Å². The van der Waals surface area contributed by atoms with Crippen molar-refractivity contribution in [3.63, 3.8) is 0 Å². The highest BCUT2D eigenvalue weighted by atomic mass is 16.5. The zero-order chi connectivity index (χ0) is 13.2. The van der Waals surface area contributed by atoms with Crippen LogP contribution in [0.5, 0.6) is 0 Å². The van der Waals surface area contributed by atoms with Crippen LogP contribution in [-0.2, 0) is 4.74 Å². The number of hydrogen-bond donors (Lipinski definition) is 0. The summed E-state index contributed by atoms with van der Waals surface area (Å²) in [5.41, 5.74) is 1.87. The lowest BCUT2D eigenvalue weighted by Crippen LogP contribution is -2.39. The van der Waals surface area contributed by atoms with Crippen molar-refractivity contribution in [2.75, 3.05) is 6.61 Å². The highest BCUT2D eigenvalue weighted by Crippen LogP contribution is 2.33. The summed E-state index contributed by atoms with van der Waals surface area (Å²) in [5.74, 6) is 0.396. The van der Waals surface area contributed by atoms with Crippen LogP contribution in [0.15, 0.2) is 24.3 Å². The van der Waals surface area contributed by atoms with Crippen LogP contribution in [0.25, 0.3) is 0 Å². The van der Waals surface area contributed by atoms with Gasteiger partial charge in [-0.25, -0.2) is 0 Å². The molecular weight excluding hydrogens is 224 g/mol. The molecule has 0 aliphatic carbocycles. The normalized spacial score (nSPS) is 28.1. The molecule has 2 atom stereocenters. The Kier molecular flexibility index (Phi) is 3.86. The predicted molar refractivity (Wildman–Crippen MR) is 72.9 cm³/mol. The van der Waals surface area contributed by atoms with Gasteiger partial charge in [0.2, 0.25) is 0 Å². The molecule has 1 saturated heterocycles. The molecule has 0 saturated carbocycles. The molecule has 18 heavy (non-hydrogen) atoms. The summed E-state index contributed by atoms with van der Waals surface area (Å²) in [7, 11) is 0. The highest BCUT2D eigenvalue weighted by Gasteiger charge is 2.35. The number of carbonyl (C=O) groups is 1. The van der Waals surface area contributed by atoms with Gasteiger partial charge >= 0.3 is 0 Å². The standard InChI is InChI=1S/C16H22O2/c1-4-16(3)11-14(8-9-18-16)15(17)13-7-5-6-12(2)10-13/h5-7,10,14H,4,8-9,11H2,1-3H3/t14-,16+/m0/s1. The highest BCUT2D eigenvalue weighted by molar-refractivity contribution is 5.98. The maximum absolute atomic E-state index is 12.5. The fourth-order valence-corrected chi connectivity index (χ4v) is 2.63. The topological polar surface area (TPSA) is 26.3 Å². The minimum Gasteiger partial charge on any atom is -0.375 e. The summed E-state index contributed by atoms with van der Waals surface area (Å²) in [6.07, 6.45) is 2.66. The van der Waals surface area contributed by atoms with E-state index in [0.29, 0.717) is 6.61 Å². The van der Waals surface area contributed by atoms with Gasteiger partial charge in [-0.3, -0.25) is 4.79 Å². The van der Waals surface area contributed by atoms with Crippen molar-refractivity contribution < 1.29 is 9.53 Å². The Morgan fingerprint density at radius 2 is 2.28 bits per heavy atom. The number of aryl methyl sites for hydroxylation is 1. The number of carbonyl (C=O) groups excluding carboxylic acids is 1. The van der Waals surface area contributed by atoms with Crippen molar-refractivity contribution >= 4 is 5.78 Å². The van der Waals surface area contributed by atoms with E-state index < -0.39 is 0 Å². The zero-order valence-corrected chi connectivity index (χ0v) is 11.5. The van der Waals surface area contributed by atoms with Crippen LogP contribution < -0.4 is 0 Å². The van der Waals surface area contributed by atoms with Crippen LogP contribution in [-0.4, -0.2) is 18.0 Å². The Hall–Kier alpha value is -1.15. The Bertz CT molecular complexity index is 438. The van der Waals surface area contributed by atoms with E-state index in [2.05, 4.69) is 13.8 Å². The van der Waals surface area contributed by atoms with Gasteiger partial charge in [0.05, 0.1) is 5.60 Å². The molecular formula is C16H22O2. The maximum Gasteiger partial charge on any atom is 0.166 e. The number of ketones is 1. The molecule has 1 aromatic rings. The van der Waals surface area contributed by atoms with Gasteiger partial charge in [-0.15, -0.1) is 0 Å². The van der Waals surface area contributed by atoms with Crippen LogP contribution in [0.4, 0.5) is 0 Å². The molecule has 1 heterocycles.